The number of pyridine rings is 1. The number of nitrogens with zero attached hydrogens (tertiary/aromatic N) is 2. The van der Waals surface area contributed by atoms with Crippen molar-refractivity contribution in [3.63, 3.8) is 0 Å². The number of alkyl halides is 1. The van der Waals surface area contributed by atoms with Gasteiger partial charge in [-0.2, -0.15) is 0 Å². The van der Waals surface area contributed by atoms with E-state index in [4.69, 9.17) is 10.1 Å². The molecule has 0 radical (unpaired) electrons. The van der Waals surface area contributed by atoms with Gasteiger partial charge >= 0.3 is 0 Å². The van der Waals surface area contributed by atoms with Crippen molar-refractivity contribution in [2.24, 2.45) is 7.05 Å². The molecule has 0 bridgehead atoms. The fraction of sp³-hybridized carbons (Fsp3) is 0.333. The molecule has 5 heteroatoms. The minimum Gasteiger partial charge on any atom is -0.480 e. The first-order valence-corrected chi connectivity index (χ1v) is 7.39. The number of aromatic nitrogens is 2. The van der Waals surface area contributed by atoms with E-state index in [1.54, 1.807) is 0 Å². The van der Waals surface area contributed by atoms with Crippen molar-refractivity contribution in [2.75, 3.05) is 7.11 Å². The van der Waals surface area contributed by atoms with Crippen LogP contribution in [0.4, 0.5) is 0 Å². The first-order valence-electron chi connectivity index (χ1n) is 6.47. The molecule has 20 heavy (non-hydrogen) atoms. The van der Waals surface area contributed by atoms with Gasteiger partial charge in [0, 0.05) is 28.7 Å². The zero-order chi connectivity index (χ0) is 14.4. The second-order valence-corrected chi connectivity index (χ2v) is 6.24. The van der Waals surface area contributed by atoms with Gasteiger partial charge in [0.2, 0.25) is 5.90 Å². The van der Waals surface area contributed by atoms with Gasteiger partial charge in [-0.3, -0.25) is 5.41 Å². The van der Waals surface area contributed by atoms with Crippen molar-refractivity contribution in [2.45, 2.75) is 18.2 Å². The quantitative estimate of drug-likeness (QED) is 0.489. The van der Waals surface area contributed by atoms with Crippen molar-refractivity contribution in [1.82, 2.24) is 9.55 Å². The van der Waals surface area contributed by atoms with Crippen LogP contribution in [0.2, 0.25) is 0 Å². The molecule has 1 aliphatic rings. The number of ether oxygens (including phenoxy) is 1. The zero-order valence-corrected chi connectivity index (χ0v) is 13.3. The molecular weight excluding hydrogens is 318 g/mol. The maximum Gasteiger partial charge on any atom is 0.232 e. The van der Waals surface area contributed by atoms with Crippen molar-refractivity contribution in [1.29, 1.82) is 5.41 Å². The van der Waals surface area contributed by atoms with Crippen LogP contribution >= 0.6 is 15.9 Å². The topological polar surface area (TPSA) is 50.9 Å². The van der Waals surface area contributed by atoms with E-state index < -0.39 is 0 Å². The highest BCUT2D eigenvalue weighted by Gasteiger charge is 2.18. The summed E-state index contributed by atoms with van der Waals surface area (Å²) in [5, 5.41) is 11.1. The van der Waals surface area contributed by atoms with Gasteiger partial charge < -0.3 is 9.30 Å². The van der Waals surface area contributed by atoms with Crippen molar-refractivity contribution < 1.29 is 4.74 Å². The molecule has 0 aliphatic heterocycles. The average molecular weight is 334 g/mol. The minimum absolute atomic E-state index is 0.109. The monoisotopic (exact) mass is 333 g/mol. The number of hydrogen-bond acceptors (Lipinski definition) is 3. The van der Waals surface area contributed by atoms with Gasteiger partial charge in [0.15, 0.2) is 0 Å². The molecule has 1 aliphatic carbocycles. The van der Waals surface area contributed by atoms with Crippen molar-refractivity contribution >= 4 is 44.9 Å². The summed E-state index contributed by atoms with van der Waals surface area (Å²) in [4.78, 5) is 4.95. The van der Waals surface area contributed by atoms with Crippen LogP contribution in [0, 0.1) is 12.3 Å². The molecule has 0 saturated heterocycles. The van der Waals surface area contributed by atoms with E-state index in [-0.39, 0.29) is 5.90 Å². The Hall–Kier alpha value is -1.62. The molecule has 0 fully saturated rings. The van der Waals surface area contributed by atoms with E-state index in [0.717, 1.165) is 33.5 Å². The summed E-state index contributed by atoms with van der Waals surface area (Å²) in [6.07, 6.45) is 7.34. The Kier molecular flexibility index (Phi) is 3.17. The van der Waals surface area contributed by atoms with E-state index in [1.807, 2.05) is 14.0 Å². The highest BCUT2D eigenvalue weighted by atomic mass is 79.9. The van der Waals surface area contributed by atoms with Gasteiger partial charge in [0.1, 0.15) is 5.69 Å². The Morgan fingerprint density at radius 1 is 1.55 bits per heavy atom. The molecule has 2 aromatic heterocycles. The van der Waals surface area contributed by atoms with E-state index in [1.165, 1.54) is 7.11 Å². The van der Waals surface area contributed by atoms with Crippen LogP contribution in [-0.2, 0) is 11.8 Å². The van der Waals surface area contributed by atoms with Crippen LogP contribution in [0.25, 0.3) is 23.1 Å². The highest BCUT2D eigenvalue weighted by Crippen LogP contribution is 2.21. The lowest BCUT2D eigenvalue weighted by molar-refractivity contribution is 0.400. The molecule has 0 spiro atoms. The Balaban J connectivity index is 2.54. The van der Waals surface area contributed by atoms with Crippen LogP contribution in [0.5, 0.6) is 0 Å². The molecule has 2 heterocycles. The number of rotatable bonds is 1. The first kappa shape index (κ1) is 13.4. The van der Waals surface area contributed by atoms with Crippen molar-refractivity contribution in [3.8, 4) is 0 Å². The Labute approximate surface area is 125 Å². The molecule has 4 nitrogen and oxygen atoms in total. The average Bonchev–Trinajstić information content (AvgIpc) is 2.72. The summed E-state index contributed by atoms with van der Waals surface area (Å²) in [6.45, 7) is 2.04. The third-order valence-electron chi connectivity index (χ3n) is 3.68. The lowest BCUT2D eigenvalue weighted by Crippen LogP contribution is -2.35. The smallest absolute Gasteiger partial charge is 0.232 e. The molecule has 104 valence electrons. The van der Waals surface area contributed by atoms with Gasteiger partial charge in [-0.1, -0.05) is 22.0 Å². The lowest BCUT2D eigenvalue weighted by Gasteiger charge is -2.11. The summed E-state index contributed by atoms with van der Waals surface area (Å²) in [6, 6.07) is 0. The second kappa shape index (κ2) is 4.74. The number of aryl methyl sites for hydroxylation is 2. The SMILES string of the molecule is COC(=N)c1nc2c(c3c1c(C)cn3C)=CCC(Br)C=2. The molecule has 1 unspecified atom stereocenters. The van der Waals surface area contributed by atoms with Gasteiger partial charge in [0.05, 0.1) is 18.0 Å². The van der Waals surface area contributed by atoms with E-state index in [9.17, 15) is 0 Å². The molecule has 1 N–H and O–H groups in total. The Morgan fingerprint density at radius 2 is 2.30 bits per heavy atom. The van der Waals surface area contributed by atoms with E-state index in [2.05, 4.69) is 43.8 Å². The number of methoxy groups -OCH3 is 1. The van der Waals surface area contributed by atoms with Crippen LogP contribution in [0.3, 0.4) is 0 Å². The number of fused-ring (bicyclic) bond motifs is 3. The molecule has 3 rings (SSSR count). The molecule has 1 atom stereocenters. The Bertz CT molecular complexity index is 835. The van der Waals surface area contributed by atoms with Crippen LogP contribution in [-0.4, -0.2) is 27.4 Å². The zero-order valence-electron chi connectivity index (χ0n) is 11.7. The van der Waals surface area contributed by atoms with Crippen LogP contribution < -0.4 is 10.6 Å². The number of halogens is 1. The van der Waals surface area contributed by atoms with Gasteiger partial charge in [-0.05, 0) is 25.0 Å². The summed E-state index contributed by atoms with van der Waals surface area (Å²) in [5.41, 5.74) is 2.86. The van der Waals surface area contributed by atoms with Gasteiger partial charge in [-0.15, -0.1) is 0 Å². The molecular formula is C15H16BrN3O. The fourth-order valence-electron chi connectivity index (χ4n) is 2.82. The first-order chi connectivity index (χ1) is 9.52. The number of hydrogen-bond donors (Lipinski definition) is 1. The summed E-state index contributed by atoms with van der Waals surface area (Å²) < 4.78 is 7.21. The number of nitrogens with one attached hydrogen (secondary N) is 1. The van der Waals surface area contributed by atoms with Crippen LogP contribution in [0.15, 0.2) is 6.20 Å². The predicted molar refractivity (Wildman–Crippen MR) is 84.8 cm³/mol. The standard InChI is InChI=1S/C15H16BrN3O/c1-8-7-19(2)14-10-5-4-9(16)6-11(10)18-13(12(8)14)15(17)20-3/h5-7,9,17H,4H2,1-3H3. The van der Waals surface area contributed by atoms with Gasteiger partial charge in [0.25, 0.3) is 0 Å². The van der Waals surface area contributed by atoms with E-state index in [0.29, 0.717) is 10.5 Å². The third kappa shape index (κ3) is 1.88. The molecule has 0 aromatic carbocycles. The lowest BCUT2D eigenvalue weighted by atomic mass is 10.1. The Morgan fingerprint density at radius 3 is 3.00 bits per heavy atom. The second-order valence-electron chi connectivity index (χ2n) is 5.06. The maximum atomic E-state index is 8.00. The fourth-order valence-corrected chi connectivity index (χ4v) is 3.26. The highest BCUT2D eigenvalue weighted by molar-refractivity contribution is 9.09. The summed E-state index contributed by atoms with van der Waals surface area (Å²) in [7, 11) is 3.54. The maximum absolute atomic E-state index is 8.00. The molecule has 0 amide bonds. The molecule has 0 saturated carbocycles. The van der Waals surface area contributed by atoms with Crippen LogP contribution in [0.1, 0.15) is 17.7 Å². The van der Waals surface area contributed by atoms with Gasteiger partial charge in [-0.25, -0.2) is 4.98 Å². The third-order valence-corrected chi connectivity index (χ3v) is 4.31. The largest absolute Gasteiger partial charge is 0.480 e. The predicted octanol–water partition coefficient (Wildman–Crippen LogP) is 1.58. The summed E-state index contributed by atoms with van der Waals surface area (Å²) in [5.74, 6) is 0.109. The van der Waals surface area contributed by atoms with Crippen molar-refractivity contribution in [3.05, 3.63) is 28.0 Å². The summed E-state index contributed by atoms with van der Waals surface area (Å²) >= 11 is 3.61. The molecule has 2 aromatic rings. The minimum atomic E-state index is 0.109. The normalized spacial score (nSPS) is 17.3. The van der Waals surface area contributed by atoms with E-state index >= 15 is 0 Å².